The van der Waals surface area contributed by atoms with Gasteiger partial charge in [0.05, 0.1) is 18.7 Å². The van der Waals surface area contributed by atoms with Crippen LogP contribution in [0.15, 0.2) is 24.3 Å². The lowest BCUT2D eigenvalue weighted by molar-refractivity contribution is -0.143. The Morgan fingerprint density at radius 1 is 1.29 bits per heavy atom. The van der Waals surface area contributed by atoms with Crippen LogP contribution in [0.4, 0.5) is 0 Å². The van der Waals surface area contributed by atoms with Gasteiger partial charge in [-0.3, -0.25) is 14.4 Å². The second-order valence-corrected chi connectivity index (χ2v) is 4.26. The highest BCUT2D eigenvalue weighted by Gasteiger charge is 2.16. The number of carbonyl (C=O) groups excluding carboxylic acids is 2. The van der Waals surface area contributed by atoms with E-state index in [1.165, 1.54) is 7.05 Å². The summed E-state index contributed by atoms with van der Waals surface area (Å²) in [5.74, 6) is -1.61. The maximum absolute atomic E-state index is 12.0. The molecule has 2 N–H and O–H groups in total. The average Bonchev–Trinajstić information content (AvgIpc) is 2.44. The molecular weight excluding hydrogens is 276 g/mol. The predicted octanol–water partition coefficient (Wildman–Crippen LogP) is 0.358. The average molecular weight is 294 g/mol. The van der Waals surface area contributed by atoms with Gasteiger partial charge in [0.1, 0.15) is 12.3 Å². The number of ether oxygens (including phenoxy) is 1. The highest BCUT2D eigenvalue weighted by atomic mass is 16.5. The van der Waals surface area contributed by atoms with Gasteiger partial charge in [0, 0.05) is 7.05 Å². The molecule has 0 unspecified atom stereocenters. The molecule has 0 radical (unpaired) electrons. The number of carboxylic acids is 1. The van der Waals surface area contributed by atoms with Gasteiger partial charge >= 0.3 is 5.97 Å². The van der Waals surface area contributed by atoms with Crippen LogP contribution >= 0.6 is 0 Å². The minimum Gasteiger partial charge on any atom is -0.493 e. The standard InChI is InChI=1S/C14H18N2O5/c1-3-21-11-7-5-4-6-10(11)14(20)15-8-12(17)16(2)9-13(18)19/h4-7H,3,8-9H2,1-2H3,(H,15,20)(H,18,19). The van der Waals surface area contributed by atoms with Crippen LogP contribution < -0.4 is 10.1 Å². The zero-order valence-electron chi connectivity index (χ0n) is 12.0. The molecule has 0 heterocycles. The fourth-order valence-corrected chi connectivity index (χ4v) is 1.61. The molecule has 0 fully saturated rings. The number of rotatable bonds is 7. The smallest absolute Gasteiger partial charge is 0.323 e. The number of amides is 2. The Hall–Kier alpha value is -2.57. The van der Waals surface area contributed by atoms with E-state index in [4.69, 9.17) is 9.84 Å². The molecule has 0 spiro atoms. The molecule has 0 aliphatic heterocycles. The van der Waals surface area contributed by atoms with E-state index >= 15 is 0 Å². The fourth-order valence-electron chi connectivity index (χ4n) is 1.61. The lowest BCUT2D eigenvalue weighted by atomic mass is 10.2. The zero-order valence-corrected chi connectivity index (χ0v) is 12.0. The van der Waals surface area contributed by atoms with Gasteiger partial charge in [0.15, 0.2) is 0 Å². The number of carboxylic acid groups (broad SMARTS) is 1. The monoisotopic (exact) mass is 294 g/mol. The molecule has 0 atom stereocenters. The van der Waals surface area contributed by atoms with Gasteiger partial charge in [-0.15, -0.1) is 0 Å². The fraction of sp³-hybridized carbons (Fsp3) is 0.357. The van der Waals surface area contributed by atoms with E-state index in [1.807, 2.05) is 0 Å². The number of aliphatic carboxylic acids is 1. The van der Waals surface area contributed by atoms with E-state index in [2.05, 4.69) is 5.32 Å². The Balaban J connectivity index is 2.62. The van der Waals surface area contributed by atoms with Gasteiger partial charge < -0.3 is 20.1 Å². The topological polar surface area (TPSA) is 95.9 Å². The number of hydrogen-bond acceptors (Lipinski definition) is 4. The second-order valence-electron chi connectivity index (χ2n) is 4.26. The summed E-state index contributed by atoms with van der Waals surface area (Å²) in [4.78, 5) is 35.2. The number of nitrogens with one attached hydrogen (secondary N) is 1. The van der Waals surface area contributed by atoms with Crippen molar-refractivity contribution in [3.05, 3.63) is 29.8 Å². The first-order valence-electron chi connectivity index (χ1n) is 6.41. The van der Waals surface area contributed by atoms with Crippen molar-refractivity contribution in [3.8, 4) is 5.75 Å². The molecule has 2 amide bonds. The van der Waals surface area contributed by atoms with Crippen molar-refractivity contribution < 1.29 is 24.2 Å². The molecule has 1 aromatic rings. The predicted molar refractivity (Wildman–Crippen MR) is 75.2 cm³/mol. The Morgan fingerprint density at radius 3 is 2.57 bits per heavy atom. The number of hydrogen-bond donors (Lipinski definition) is 2. The van der Waals surface area contributed by atoms with Crippen LogP contribution in [-0.2, 0) is 9.59 Å². The van der Waals surface area contributed by atoms with Crippen LogP contribution in [0.3, 0.4) is 0 Å². The third-order valence-corrected chi connectivity index (χ3v) is 2.63. The van der Waals surface area contributed by atoms with Gasteiger partial charge in [0.2, 0.25) is 5.91 Å². The SMILES string of the molecule is CCOc1ccccc1C(=O)NCC(=O)N(C)CC(=O)O. The lowest BCUT2D eigenvalue weighted by Crippen LogP contribution is -2.40. The summed E-state index contributed by atoms with van der Waals surface area (Å²) >= 11 is 0. The molecule has 1 rings (SSSR count). The summed E-state index contributed by atoms with van der Waals surface area (Å²) in [6, 6.07) is 6.69. The van der Waals surface area contributed by atoms with Crippen LogP contribution in [-0.4, -0.2) is 54.5 Å². The summed E-state index contributed by atoms with van der Waals surface area (Å²) in [6.07, 6.45) is 0. The molecular formula is C14H18N2O5. The Labute approximate surface area is 122 Å². The third-order valence-electron chi connectivity index (χ3n) is 2.63. The van der Waals surface area contributed by atoms with E-state index in [1.54, 1.807) is 31.2 Å². The molecule has 0 bridgehead atoms. The Kier molecular flexibility index (Phi) is 6.19. The summed E-state index contributed by atoms with van der Waals surface area (Å²) < 4.78 is 5.33. The van der Waals surface area contributed by atoms with Gasteiger partial charge in [-0.2, -0.15) is 0 Å². The van der Waals surface area contributed by atoms with Crippen molar-refractivity contribution >= 4 is 17.8 Å². The summed E-state index contributed by atoms with van der Waals surface area (Å²) in [5.41, 5.74) is 0.327. The van der Waals surface area contributed by atoms with Gasteiger partial charge in [-0.05, 0) is 19.1 Å². The van der Waals surface area contributed by atoms with Crippen LogP contribution in [0.1, 0.15) is 17.3 Å². The summed E-state index contributed by atoms with van der Waals surface area (Å²) in [7, 11) is 1.36. The lowest BCUT2D eigenvalue weighted by Gasteiger charge is -2.15. The molecule has 114 valence electrons. The molecule has 7 heteroatoms. The largest absolute Gasteiger partial charge is 0.493 e. The van der Waals surface area contributed by atoms with E-state index in [9.17, 15) is 14.4 Å². The minimum absolute atomic E-state index is 0.275. The molecule has 7 nitrogen and oxygen atoms in total. The third kappa shape index (κ3) is 5.13. The molecule has 21 heavy (non-hydrogen) atoms. The number of likely N-dealkylation sites (N-methyl/N-ethyl adjacent to an activating group) is 1. The minimum atomic E-state index is -1.11. The van der Waals surface area contributed by atoms with E-state index in [0.29, 0.717) is 17.9 Å². The van der Waals surface area contributed by atoms with Gasteiger partial charge in [-0.25, -0.2) is 0 Å². The molecule has 0 aromatic heterocycles. The first-order valence-corrected chi connectivity index (χ1v) is 6.41. The maximum Gasteiger partial charge on any atom is 0.323 e. The normalized spacial score (nSPS) is 9.81. The highest BCUT2D eigenvalue weighted by molar-refractivity contribution is 5.98. The zero-order chi connectivity index (χ0) is 15.8. The number of para-hydroxylation sites is 1. The molecule has 1 aromatic carbocycles. The van der Waals surface area contributed by atoms with Crippen LogP contribution in [0.25, 0.3) is 0 Å². The maximum atomic E-state index is 12.0. The number of carbonyl (C=O) groups is 3. The van der Waals surface area contributed by atoms with Gasteiger partial charge in [0.25, 0.3) is 5.91 Å². The number of benzene rings is 1. The summed E-state index contributed by atoms with van der Waals surface area (Å²) in [5, 5.41) is 11.0. The van der Waals surface area contributed by atoms with Gasteiger partial charge in [-0.1, -0.05) is 12.1 Å². The van der Waals surface area contributed by atoms with Crippen LogP contribution in [0, 0.1) is 0 Å². The molecule has 0 aliphatic carbocycles. The number of nitrogens with zero attached hydrogens (tertiary/aromatic N) is 1. The van der Waals surface area contributed by atoms with Crippen molar-refractivity contribution in [3.63, 3.8) is 0 Å². The van der Waals surface area contributed by atoms with Crippen molar-refractivity contribution in [2.45, 2.75) is 6.92 Å². The molecule has 0 aliphatic rings. The van der Waals surface area contributed by atoms with Crippen molar-refractivity contribution in [2.24, 2.45) is 0 Å². The Bertz CT molecular complexity index is 530. The van der Waals surface area contributed by atoms with Crippen LogP contribution in [0.2, 0.25) is 0 Å². The Morgan fingerprint density at radius 2 is 1.95 bits per heavy atom. The van der Waals surface area contributed by atoms with E-state index in [0.717, 1.165) is 4.90 Å². The van der Waals surface area contributed by atoms with Crippen LogP contribution in [0.5, 0.6) is 5.75 Å². The van der Waals surface area contributed by atoms with Crippen molar-refractivity contribution in [2.75, 3.05) is 26.7 Å². The first-order chi connectivity index (χ1) is 9.95. The molecule has 0 saturated heterocycles. The quantitative estimate of drug-likeness (QED) is 0.757. The highest BCUT2D eigenvalue weighted by Crippen LogP contribution is 2.17. The molecule has 0 saturated carbocycles. The van der Waals surface area contributed by atoms with Crippen molar-refractivity contribution in [1.29, 1.82) is 0 Å². The summed E-state index contributed by atoms with van der Waals surface area (Å²) in [6.45, 7) is 1.54. The first kappa shape index (κ1) is 16.5. The van der Waals surface area contributed by atoms with Crippen molar-refractivity contribution in [1.82, 2.24) is 10.2 Å². The van der Waals surface area contributed by atoms with E-state index < -0.39 is 24.3 Å². The van der Waals surface area contributed by atoms with E-state index in [-0.39, 0.29) is 6.54 Å². The second kappa shape index (κ2) is 7.88.